The second-order valence-electron chi connectivity index (χ2n) is 6.64. The van der Waals surface area contributed by atoms with E-state index in [1.807, 2.05) is 34.6 Å². The van der Waals surface area contributed by atoms with Crippen molar-refractivity contribution in [1.82, 2.24) is 10.2 Å². The van der Waals surface area contributed by atoms with Crippen molar-refractivity contribution in [2.75, 3.05) is 19.8 Å². The van der Waals surface area contributed by atoms with Crippen molar-refractivity contribution in [2.24, 2.45) is 5.41 Å². The molecule has 0 bridgehead atoms. The first-order valence-corrected chi connectivity index (χ1v) is 7.38. The zero-order valence-corrected chi connectivity index (χ0v) is 13.6. The molecule has 2 unspecified atom stereocenters. The zero-order valence-electron chi connectivity index (χ0n) is 13.6. The smallest absolute Gasteiger partial charge is 0.248 e. The summed E-state index contributed by atoms with van der Waals surface area (Å²) < 4.78 is 5.36. The predicted octanol–water partition coefficient (Wildman–Crippen LogP) is 1.56. The number of piperazine rings is 1. The molecule has 116 valence electrons. The van der Waals surface area contributed by atoms with Crippen LogP contribution < -0.4 is 5.32 Å². The molecular formula is C15H28N2O3. The first-order chi connectivity index (χ1) is 9.17. The number of nitrogens with zero attached hydrogens (tertiary/aromatic N) is 1. The SMILES string of the molecule is CCOCCN1C(=O)C(C)(CC)NC(=O)C1C(C)(C)C. The summed E-state index contributed by atoms with van der Waals surface area (Å²) in [5.74, 6) is -0.0859. The minimum atomic E-state index is -0.801. The molecule has 1 saturated heterocycles. The van der Waals surface area contributed by atoms with E-state index in [2.05, 4.69) is 5.32 Å². The normalized spacial score (nSPS) is 27.7. The minimum absolute atomic E-state index is 0.0146. The molecule has 1 N–H and O–H groups in total. The number of carbonyl (C=O) groups is 2. The lowest BCUT2D eigenvalue weighted by Gasteiger charge is -2.48. The van der Waals surface area contributed by atoms with Crippen LogP contribution in [0.4, 0.5) is 0 Å². The molecule has 0 aromatic rings. The highest BCUT2D eigenvalue weighted by molar-refractivity contribution is 5.99. The molecular weight excluding hydrogens is 256 g/mol. The van der Waals surface area contributed by atoms with Crippen LogP contribution in [0, 0.1) is 5.41 Å². The Bertz CT molecular complexity index is 376. The summed E-state index contributed by atoms with van der Waals surface area (Å²) in [6.45, 7) is 13.1. The number of nitrogens with one attached hydrogen (secondary N) is 1. The molecule has 1 aliphatic heterocycles. The Hall–Kier alpha value is -1.10. The van der Waals surface area contributed by atoms with Gasteiger partial charge in [0, 0.05) is 13.2 Å². The van der Waals surface area contributed by atoms with Gasteiger partial charge in [-0.3, -0.25) is 9.59 Å². The van der Waals surface area contributed by atoms with Crippen molar-refractivity contribution in [1.29, 1.82) is 0 Å². The summed E-state index contributed by atoms with van der Waals surface area (Å²) in [6.07, 6.45) is 0.583. The topological polar surface area (TPSA) is 58.6 Å². The molecule has 0 radical (unpaired) electrons. The lowest BCUT2D eigenvalue weighted by molar-refractivity contribution is -0.159. The van der Waals surface area contributed by atoms with Gasteiger partial charge >= 0.3 is 0 Å². The molecule has 0 aliphatic carbocycles. The van der Waals surface area contributed by atoms with Gasteiger partial charge in [0.25, 0.3) is 0 Å². The average Bonchev–Trinajstić information content (AvgIpc) is 2.33. The van der Waals surface area contributed by atoms with Gasteiger partial charge in [0.05, 0.1) is 6.61 Å². The third kappa shape index (κ3) is 3.32. The van der Waals surface area contributed by atoms with Crippen LogP contribution in [0.2, 0.25) is 0 Å². The van der Waals surface area contributed by atoms with Crippen molar-refractivity contribution >= 4 is 11.8 Å². The van der Waals surface area contributed by atoms with Gasteiger partial charge in [-0.15, -0.1) is 0 Å². The van der Waals surface area contributed by atoms with Gasteiger partial charge in [0.15, 0.2) is 0 Å². The van der Waals surface area contributed by atoms with Gasteiger partial charge < -0.3 is 15.0 Å². The Morgan fingerprint density at radius 3 is 2.35 bits per heavy atom. The molecule has 0 aromatic heterocycles. The highest BCUT2D eigenvalue weighted by Crippen LogP contribution is 2.31. The van der Waals surface area contributed by atoms with Crippen molar-refractivity contribution in [3.63, 3.8) is 0 Å². The largest absolute Gasteiger partial charge is 0.380 e. The minimum Gasteiger partial charge on any atom is -0.380 e. The summed E-state index contributed by atoms with van der Waals surface area (Å²) >= 11 is 0. The molecule has 1 heterocycles. The number of rotatable bonds is 5. The number of amides is 2. The Labute approximate surface area is 122 Å². The molecule has 0 spiro atoms. The second-order valence-corrected chi connectivity index (χ2v) is 6.64. The lowest BCUT2D eigenvalue weighted by Crippen LogP contribution is -2.71. The second kappa shape index (κ2) is 6.12. The summed E-state index contributed by atoms with van der Waals surface area (Å²) in [7, 11) is 0. The molecule has 1 rings (SSSR count). The van der Waals surface area contributed by atoms with E-state index in [0.29, 0.717) is 26.2 Å². The zero-order chi connectivity index (χ0) is 15.6. The highest BCUT2D eigenvalue weighted by atomic mass is 16.5. The van der Waals surface area contributed by atoms with Crippen molar-refractivity contribution in [3.05, 3.63) is 0 Å². The first kappa shape index (κ1) is 17.0. The van der Waals surface area contributed by atoms with Crippen LogP contribution in [0.25, 0.3) is 0 Å². The number of hydrogen-bond acceptors (Lipinski definition) is 3. The Morgan fingerprint density at radius 1 is 1.30 bits per heavy atom. The van der Waals surface area contributed by atoms with Crippen molar-refractivity contribution in [2.45, 2.75) is 59.5 Å². The van der Waals surface area contributed by atoms with Crippen molar-refractivity contribution in [3.8, 4) is 0 Å². The van der Waals surface area contributed by atoms with E-state index >= 15 is 0 Å². The fourth-order valence-corrected chi connectivity index (χ4v) is 2.61. The van der Waals surface area contributed by atoms with Gasteiger partial charge in [-0.1, -0.05) is 27.7 Å². The molecule has 0 aromatic carbocycles. The third-order valence-electron chi connectivity index (χ3n) is 3.90. The molecule has 5 nitrogen and oxygen atoms in total. The van der Waals surface area contributed by atoms with E-state index < -0.39 is 11.6 Å². The molecule has 20 heavy (non-hydrogen) atoms. The molecule has 0 saturated carbocycles. The van der Waals surface area contributed by atoms with Crippen LogP contribution in [-0.2, 0) is 14.3 Å². The van der Waals surface area contributed by atoms with Crippen LogP contribution in [0.5, 0.6) is 0 Å². The van der Waals surface area contributed by atoms with Gasteiger partial charge in [0.2, 0.25) is 11.8 Å². The van der Waals surface area contributed by atoms with Crippen LogP contribution in [0.1, 0.15) is 48.0 Å². The summed E-state index contributed by atoms with van der Waals surface area (Å²) in [5, 5.41) is 2.90. The van der Waals surface area contributed by atoms with Gasteiger partial charge in [-0.05, 0) is 25.7 Å². The van der Waals surface area contributed by atoms with Crippen molar-refractivity contribution < 1.29 is 14.3 Å². The van der Waals surface area contributed by atoms with E-state index in [1.165, 1.54) is 0 Å². The standard InChI is InChI=1S/C15H28N2O3/c1-7-15(6)13(19)17(9-10-20-8-2)11(12(18)16-15)14(3,4)5/h11H,7-10H2,1-6H3,(H,16,18). The third-order valence-corrected chi connectivity index (χ3v) is 3.90. The summed E-state index contributed by atoms with van der Waals surface area (Å²) in [4.78, 5) is 26.9. The van der Waals surface area contributed by atoms with Gasteiger partial charge in [-0.25, -0.2) is 0 Å². The van der Waals surface area contributed by atoms with Crippen LogP contribution in [-0.4, -0.2) is 48.1 Å². The molecule has 2 atom stereocenters. The monoisotopic (exact) mass is 284 g/mol. The van der Waals surface area contributed by atoms with E-state index in [1.54, 1.807) is 11.8 Å². The van der Waals surface area contributed by atoms with Gasteiger partial charge in [-0.2, -0.15) is 0 Å². The first-order valence-electron chi connectivity index (χ1n) is 7.38. The van der Waals surface area contributed by atoms with Crippen LogP contribution >= 0.6 is 0 Å². The number of hydrogen-bond donors (Lipinski definition) is 1. The van der Waals surface area contributed by atoms with Crippen LogP contribution in [0.3, 0.4) is 0 Å². The maximum absolute atomic E-state index is 12.7. The Kier molecular flexibility index (Phi) is 5.19. The van der Waals surface area contributed by atoms with E-state index in [9.17, 15) is 9.59 Å². The molecule has 5 heteroatoms. The summed E-state index contributed by atoms with van der Waals surface area (Å²) in [5.41, 5.74) is -1.11. The summed E-state index contributed by atoms with van der Waals surface area (Å²) in [6, 6.07) is -0.449. The highest BCUT2D eigenvalue weighted by Gasteiger charge is 2.50. The quantitative estimate of drug-likeness (QED) is 0.780. The van der Waals surface area contributed by atoms with Crippen LogP contribution in [0.15, 0.2) is 0 Å². The molecule has 1 fully saturated rings. The number of carbonyl (C=O) groups excluding carboxylic acids is 2. The maximum atomic E-state index is 12.7. The van der Waals surface area contributed by atoms with Gasteiger partial charge in [0.1, 0.15) is 11.6 Å². The van der Waals surface area contributed by atoms with E-state index in [-0.39, 0.29) is 17.2 Å². The predicted molar refractivity (Wildman–Crippen MR) is 78.3 cm³/mol. The molecule has 2 amide bonds. The maximum Gasteiger partial charge on any atom is 0.248 e. The van der Waals surface area contributed by atoms with E-state index in [4.69, 9.17) is 4.74 Å². The Balaban J connectivity index is 3.04. The fourth-order valence-electron chi connectivity index (χ4n) is 2.61. The lowest BCUT2D eigenvalue weighted by atomic mass is 9.80. The van der Waals surface area contributed by atoms with E-state index in [0.717, 1.165) is 0 Å². The molecule has 1 aliphatic rings. The fraction of sp³-hybridized carbons (Fsp3) is 0.867. The Morgan fingerprint density at radius 2 is 1.90 bits per heavy atom. The average molecular weight is 284 g/mol. The number of ether oxygens (including phenoxy) is 1.